The Balaban J connectivity index is 2.67. The third-order valence-corrected chi connectivity index (χ3v) is 4.39. The monoisotopic (exact) mass is 227 g/mol. The molecule has 0 bridgehead atoms. The van der Waals surface area contributed by atoms with Crippen LogP contribution in [-0.2, 0) is 4.79 Å². The predicted octanol–water partition coefficient (Wildman–Crippen LogP) is 2.65. The molecule has 0 aromatic carbocycles. The summed E-state index contributed by atoms with van der Waals surface area (Å²) in [5, 5.41) is 12.6. The lowest BCUT2D eigenvalue weighted by Gasteiger charge is -2.39. The van der Waals surface area contributed by atoms with Gasteiger partial charge in [0.2, 0.25) is 0 Å². The molecule has 0 radical (unpaired) electrons. The fraction of sp³-hybridized carbons (Fsp3) is 0.923. The van der Waals surface area contributed by atoms with E-state index in [1.807, 2.05) is 6.92 Å². The summed E-state index contributed by atoms with van der Waals surface area (Å²) in [4.78, 5) is 11.3. The van der Waals surface area contributed by atoms with Gasteiger partial charge in [0.05, 0.1) is 0 Å². The molecular formula is C13H25NO2. The Labute approximate surface area is 98.6 Å². The van der Waals surface area contributed by atoms with E-state index in [0.717, 1.165) is 6.42 Å². The quantitative estimate of drug-likeness (QED) is 0.776. The van der Waals surface area contributed by atoms with Crippen molar-refractivity contribution >= 4 is 5.97 Å². The summed E-state index contributed by atoms with van der Waals surface area (Å²) in [6.07, 6.45) is 4.21. The normalized spacial score (nSPS) is 34.4. The van der Waals surface area contributed by atoms with Gasteiger partial charge in [0.1, 0.15) is 5.54 Å². The number of hydrogen-bond acceptors (Lipinski definition) is 2. The van der Waals surface area contributed by atoms with Crippen molar-refractivity contribution in [1.82, 2.24) is 5.32 Å². The van der Waals surface area contributed by atoms with Gasteiger partial charge in [0, 0.05) is 6.04 Å². The Morgan fingerprint density at radius 3 is 2.56 bits per heavy atom. The van der Waals surface area contributed by atoms with Crippen molar-refractivity contribution in [2.75, 3.05) is 0 Å². The highest BCUT2D eigenvalue weighted by atomic mass is 16.4. The van der Waals surface area contributed by atoms with Crippen LogP contribution in [0.2, 0.25) is 0 Å². The van der Waals surface area contributed by atoms with Gasteiger partial charge in [-0.3, -0.25) is 10.1 Å². The van der Waals surface area contributed by atoms with Crippen LogP contribution in [0.5, 0.6) is 0 Å². The van der Waals surface area contributed by atoms with Gasteiger partial charge in [-0.25, -0.2) is 0 Å². The molecule has 94 valence electrons. The van der Waals surface area contributed by atoms with E-state index in [1.165, 1.54) is 12.8 Å². The minimum absolute atomic E-state index is 0.352. The second-order valence-electron chi connectivity index (χ2n) is 5.51. The van der Waals surface area contributed by atoms with Gasteiger partial charge in [-0.2, -0.15) is 0 Å². The molecule has 0 aromatic heterocycles. The van der Waals surface area contributed by atoms with Crippen LogP contribution in [0.25, 0.3) is 0 Å². The summed E-state index contributed by atoms with van der Waals surface area (Å²) in [7, 11) is 0. The Morgan fingerprint density at radius 1 is 1.44 bits per heavy atom. The van der Waals surface area contributed by atoms with Crippen molar-refractivity contribution in [3.63, 3.8) is 0 Å². The number of hydrogen-bond donors (Lipinski definition) is 2. The van der Waals surface area contributed by atoms with Crippen molar-refractivity contribution in [1.29, 1.82) is 0 Å². The molecule has 0 aliphatic heterocycles. The van der Waals surface area contributed by atoms with Crippen LogP contribution in [0.4, 0.5) is 0 Å². The number of carbonyl (C=O) groups is 1. The van der Waals surface area contributed by atoms with E-state index in [1.54, 1.807) is 6.92 Å². The SMILES string of the molecule is CCC(C)(NC1CCCC(C)C1C)C(=O)O. The fourth-order valence-electron chi connectivity index (χ4n) is 2.51. The largest absolute Gasteiger partial charge is 0.480 e. The van der Waals surface area contributed by atoms with E-state index >= 15 is 0 Å². The summed E-state index contributed by atoms with van der Waals surface area (Å²) >= 11 is 0. The van der Waals surface area contributed by atoms with Crippen LogP contribution in [0.15, 0.2) is 0 Å². The Kier molecular flexibility index (Phi) is 4.36. The third kappa shape index (κ3) is 2.76. The maximum Gasteiger partial charge on any atom is 0.323 e. The zero-order valence-electron chi connectivity index (χ0n) is 10.9. The van der Waals surface area contributed by atoms with Crippen LogP contribution in [-0.4, -0.2) is 22.7 Å². The first-order valence-corrected chi connectivity index (χ1v) is 6.41. The second kappa shape index (κ2) is 5.17. The molecule has 0 spiro atoms. The molecule has 4 atom stereocenters. The first-order chi connectivity index (χ1) is 7.40. The minimum Gasteiger partial charge on any atom is -0.480 e. The van der Waals surface area contributed by atoms with Gasteiger partial charge in [-0.15, -0.1) is 0 Å². The molecule has 1 rings (SSSR count). The van der Waals surface area contributed by atoms with E-state index in [-0.39, 0.29) is 0 Å². The summed E-state index contributed by atoms with van der Waals surface area (Å²) in [5.41, 5.74) is -0.768. The molecule has 0 aromatic rings. The molecule has 1 aliphatic rings. The first-order valence-electron chi connectivity index (χ1n) is 6.41. The van der Waals surface area contributed by atoms with E-state index < -0.39 is 11.5 Å². The summed E-state index contributed by atoms with van der Waals surface area (Å²) < 4.78 is 0. The number of carboxylic acids is 1. The molecule has 16 heavy (non-hydrogen) atoms. The summed E-state index contributed by atoms with van der Waals surface area (Å²) in [6.45, 7) is 8.22. The average molecular weight is 227 g/mol. The third-order valence-electron chi connectivity index (χ3n) is 4.39. The van der Waals surface area contributed by atoms with Gasteiger partial charge >= 0.3 is 5.97 Å². The lowest BCUT2D eigenvalue weighted by Crippen LogP contribution is -2.56. The standard InChI is InChI=1S/C13H25NO2/c1-5-13(4,12(15)16)14-11-8-6-7-9(2)10(11)3/h9-11,14H,5-8H2,1-4H3,(H,15,16). The lowest BCUT2D eigenvalue weighted by atomic mass is 9.77. The van der Waals surface area contributed by atoms with Crippen LogP contribution >= 0.6 is 0 Å². The Morgan fingerprint density at radius 2 is 2.06 bits per heavy atom. The van der Waals surface area contributed by atoms with E-state index in [0.29, 0.717) is 24.3 Å². The second-order valence-corrected chi connectivity index (χ2v) is 5.51. The number of rotatable bonds is 4. The molecule has 0 amide bonds. The average Bonchev–Trinajstić information content (AvgIpc) is 2.24. The zero-order chi connectivity index (χ0) is 12.3. The molecule has 4 unspecified atom stereocenters. The highest BCUT2D eigenvalue weighted by molar-refractivity contribution is 5.78. The molecule has 3 heteroatoms. The molecule has 3 nitrogen and oxygen atoms in total. The number of aliphatic carboxylic acids is 1. The van der Waals surface area contributed by atoms with Gasteiger partial charge in [0.15, 0.2) is 0 Å². The fourth-order valence-corrected chi connectivity index (χ4v) is 2.51. The van der Waals surface area contributed by atoms with Crippen LogP contribution in [0.1, 0.15) is 53.4 Å². The first kappa shape index (κ1) is 13.5. The Hall–Kier alpha value is -0.570. The minimum atomic E-state index is -0.768. The van der Waals surface area contributed by atoms with Gasteiger partial charge < -0.3 is 5.11 Å². The van der Waals surface area contributed by atoms with E-state index in [4.69, 9.17) is 0 Å². The molecule has 0 saturated heterocycles. The highest BCUT2D eigenvalue weighted by Gasteiger charge is 2.37. The number of carboxylic acid groups (broad SMARTS) is 1. The Bertz CT molecular complexity index is 254. The highest BCUT2D eigenvalue weighted by Crippen LogP contribution is 2.31. The van der Waals surface area contributed by atoms with Crippen molar-refractivity contribution in [3.05, 3.63) is 0 Å². The van der Waals surface area contributed by atoms with Gasteiger partial charge in [0.25, 0.3) is 0 Å². The van der Waals surface area contributed by atoms with E-state index in [9.17, 15) is 9.90 Å². The van der Waals surface area contributed by atoms with Gasteiger partial charge in [-0.1, -0.05) is 33.6 Å². The molecule has 1 fully saturated rings. The number of nitrogens with one attached hydrogen (secondary N) is 1. The molecule has 1 saturated carbocycles. The molecular weight excluding hydrogens is 202 g/mol. The van der Waals surface area contributed by atoms with Crippen molar-refractivity contribution in [2.24, 2.45) is 11.8 Å². The molecule has 0 heterocycles. The van der Waals surface area contributed by atoms with Crippen molar-refractivity contribution in [2.45, 2.75) is 65.0 Å². The maximum absolute atomic E-state index is 11.3. The summed E-state index contributed by atoms with van der Waals surface area (Å²) in [5.74, 6) is 0.528. The molecule has 2 N–H and O–H groups in total. The van der Waals surface area contributed by atoms with E-state index in [2.05, 4.69) is 19.2 Å². The van der Waals surface area contributed by atoms with Crippen LogP contribution in [0.3, 0.4) is 0 Å². The topological polar surface area (TPSA) is 49.3 Å². The lowest BCUT2D eigenvalue weighted by molar-refractivity contribution is -0.145. The van der Waals surface area contributed by atoms with Gasteiger partial charge in [-0.05, 0) is 31.6 Å². The van der Waals surface area contributed by atoms with Crippen molar-refractivity contribution in [3.8, 4) is 0 Å². The smallest absolute Gasteiger partial charge is 0.323 e. The van der Waals surface area contributed by atoms with Crippen molar-refractivity contribution < 1.29 is 9.90 Å². The van der Waals surface area contributed by atoms with Crippen LogP contribution < -0.4 is 5.32 Å². The van der Waals surface area contributed by atoms with Crippen LogP contribution in [0, 0.1) is 11.8 Å². The predicted molar refractivity (Wildman–Crippen MR) is 65.4 cm³/mol. The zero-order valence-corrected chi connectivity index (χ0v) is 10.9. The maximum atomic E-state index is 11.3. The summed E-state index contributed by atoms with van der Waals surface area (Å²) in [6, 6.07) is 0.352. The molecule has 1 aliphatic carbocycles.